The van der Waals surface area contributed by atoms with Gasteiger partial charge in [-0.1, -0.05) is 176 Å². The van der Waals surface area contributed by atoms with Crippen molar-refractivity contribution >= 4 is 107 Å². The summed E-state index contributed by atoms with van der Waals surface area (Å²) in [5.74, 6) is -19.2. The number of carbonyl (C=O) groups excluding carboxylic acids is 12. The van der Waals surface area contributed by atoms with Gasteiger partial charge in [0, 0.05) is 13.0 Å². The number of rotatable bonds is 42. The van der Waals surface area contributed by atoms with Gasteiger partial charge >= 0.3 is 71.6 Å². The second-order valence-electron chi connectivity index (χ2n) is 24.6. The molecular weight excluding hydrogens is 1570 g/mol. The predicted molar refractivity (Wildman–Crippen MR) is 427 cm³/mol. The maximum atomic E-state index is 12.4. The van der Waals surface area contributed by atoms with Crippen molar-refractivity contribution in [2.24, 2.45) is 23.7 Å². The number of hydrogen-bond acceptors (Lipinski definition) is 24. The van der Waals surface area contributed by atoms with Crippen molar-refractivity contribution in [1.29, 1.82) is 0 Å². The van der Waals surface area contributed by atoms with Gasteiger partial charge in [-0.2, -0.15) is 0 Å². The van der Waals surface area contributed by atoms with Crippen LogP contribution in [0, 0.1) is 23.7 Å². The Morgan fingerprint density at radius 1 is 0.283 bits per heavy atom. The van der Waals surface area contributed by atoms with Gasteiger partial charge in [0.05, 0.1) is 46.1 Å². The van der Waals surface area contributed by atoms with Crippen LogP contribution in [-0.4, -0.2) is 216 Å². The Morgan fingerprint density at radius 2 is 0.592 bits per heavy atom. The molecule has 0 bridgehead atoms. The van der Waals surface area contributed by atoms with Gasteiger partial charge in [-0.25, -0.2) is 4.79 Å². The monoisotopic (exact) mass is 1670 g/mol. The summed E-state index contributed by atoms with van der Waals surface area (Å²) in [7, 11) is 0. The van der Waals surface area contributed by atoms with E-state index in [1.165, 1.54) is 0 Å². The molecule has 36 nitrogen and oxygen atoms in total. The highest BCUT2D eigenvalue weighted by molar-refractivity contribution is 6.01. The van der Waals surface area contributed by atoms with E-state index in [0.29, 0.717) is 5.56 Å². The van der Waals surface area contributed by atoms with Gasteiger partial charge in [0.2, 0.25) is 35.4 Å². The number of carbonyl (C=O) groups is 18. The Bertz CT molecular complexity index is 4230. The van der Waals surface area contributed by atoms with Crippen molar-refractivity contribution in [3.05, 3.63) is 204 Å². The van der Waals surface area contributed by atoms with E-state index in [0.717, 1.165) is 33.4 Å². The molecule has 12 N–H and O–H groups in total. The molecule has 5 atom stereocenters. The fourth-order valence-electron chi connectivity index (χ4n) is 9.80. The molecule has 120 heavy (non-hydrogen) atoms. The smallest absolute Gasteiger partial charge is 0.326 e. The number of amides is 6. The number of aliphatic carboxylic acids is 6. The average molecular weight is 1680 g/mol. The van der Waals surface area contributed by atoms with Crippen LogP contribution in [0.5, 0.6) is 0 Å². The summed E-state index contributed by atoms with van der Waals surface area (Å²) in [5.41, 5.74) is 5.99. The largest absolute Gasteiger partial charge is 0.481 e. The first kappa shape index (κ1) is 104. The lowest BCUT2D eigenvalue weighted by Crippen LogP contribution is -2.42. The van der Waals surface area contributed by atoms with Crippen LogP contribution in [0.15, 0.2) is 176 Å². The van der Waals surface area contributed by atoms with E-state index in [4.69, 9.17) is 49.6 Å². The molecule has 0 radical (unpaired) electrons. The molecule has 0 saturated heterocycles. The zero-order chi connectivity index (χ0) is 89.7. The van der Waals surface area contributed by atoms with Crippen molar-refractivity contribution in [2.75, 3.05) is 72.4 Å². The summed E-state index contributed by atoms with van der Waals surface area (Å²) in [6.07, 6.45) is -0.732. The Balaban J connectivity index is 0.000000728. The van der Waals surface area contributed by atoms with Crippen molar-refractivity contribution < 1.29 is 145 Å². The van der Waals surface area contributed by atoms with Crippen molar-refractivity contribution in [2.45, 2.75) is 99.0 Å². The molecule has 36 heteroatoms. The maximum Gasteiger partial charge on any atom is 0.326 e. The van der Waals surface area contributed by atoms with Gasteiger partial charge in [-0.15, -0.1) is 0 Å². The maximum absolute atomic E-state index is 12.4. The normalized spacial score (nSPS) is 11.2. The predicted octanol–water partition coefficient (Wildman–Crippen LogP) is 4.39. The Labute approximate surface area is 691 Å². The zero-order valence-electron chi connectivity index (χ0n) is 67.0. The highest BCUT2D eigenvalue weighted by Gasteiger charge is 2.32. The summed E-state index contributed by atoms with van der Waals surface area (Å²) in [5, 5.41) is 65.9. The summed E-state index contributed by atoms with van der Waals surface area (Å²) < 4.78 is 28.6. The molecule has 0 aliphatic heterocycles. The first-order valence-corrected chi connectivity index (χ1v) is 37.5. The number of nitrogens with one attached hydrogen (secondary N) is 6. The van der Waals surface area contributed by atoms with Gasteiger partial charge in [0.1, 0.15) is 68.7 Å². The molecule has 6 aromatic rings. The van der Waals surface area contributed by atoms with Crippen molar-refractivity contribution in [3.63, 3.8) is 0 Å². The van der Waals surface area contributed by atoms with Gasteiger partial charge in [-0.05, 0) is 106 Å². The SMILES string of the molecule is CCOC(=O)CNC(=O)C(Cc1ccc(-c2ccccc2)cc1)C(=O)OCC.CCOC(=O)CNC(=O)C(Cc1ccccc1)C(=O)OCC.CCOC(=O)CNC(=O)CC(=O)OCC.O=C(O)CC(=O)N[C@@H](Cc1ccccc1)C(=O)O.O=C(O)CCNC(=O)C(Cc1ccccc1)C(=O)O.O=C(O)CNC(=O)C(Cc1ccccc1)C(=O)O. The molecule has 6 rings (SSSR count). The van der Waals surface area contributed by atoms with E-state index < -0.39 is 150 Å². The minimum absolute atomic E-state index is 0.0294. The van der Waals surface area contributed by atoms with Gasteiger partial charge in [-0.3, -0.25) is 81.5 Å². The van der Waals surface area contributed by atoms with Crippen LogP contribution < -0.4 is 31.9 Å². The molecular formula is C84H102N6O30. The minimum Gasteiger partial charge on any atom is -0.481 e. The molecule has 4 unspecified atom stereocenters. The number of carboxylic acids is 6. The summed E-state index contributed by atoms with van der Waals surface area (Å²) in [6.45, 7) is 9.89. The van der Waals surface area contributed by atoms with Crippen LogP contribution in [-0.2, 0) is 147 Å². The minimum atomic E-state index is -1.30. The molecule has 0 spiro atoms. The molecule has 0 aliphatic carbocycles. The second kappa shape index (κ2) is 61.2. The zero-order valence-corrected chi connectivity index (χ0v) is 67.0. The molecule has 0 aromatic heterocycles. The summed E-state index contributed by atoms with van der Waals surface area (Å²) in [6, 6.07) is 51.9. The molecule has 0 fully saturated rings. The topological polar surface area (TPSA) is 556 Å². The number of carboxylic acid groups (broad SMARTS) is 6. The van der Waals surface area contributed by atoms with E-state index in [2.05, 4.69) is 41.4 Å². The lowest BCUT2D eigenvalue weighted by Gasteiger charge is -2.16. The fraction of sp³-hybridized carbons (Fsp3) is 0.357. The standard InChI is InChI=1S/C22H25NO5.C16H21NO5.C13H15NO5.2C12H13NO5.C9H15NO5/c1-3-27-20(24)15-23-21(25)19(22(26)28-4-2)14-16-10-12-18(13-11-16)17-8-6-5-7-9-17;1-3-21-14(18)11-17-15(19)13(16(20)22-4-2)10-12-8-6-5-7-9-12;15-11(16)6-7-14-12(17)10(13(18)19)8-9-4-2-1-3-5-9;14-10(15)7-13-11(16)9(12(17)18)6-8-4-2-1-3-5-8;14-10(7-11(15)16)13-9(12(17)18)6-8-4-2-1-3-5-8;1-3-14-8(12)5-7(11)10-6-9(13)15-4-2/h5-13,19H,3-4,14-15H2,1-2H3,(H,23,25);5-9,13H,3-4,10-11H2,1-2H3,(H,17,19);1-5,10H,6-8H2,(H,14,17)(H,15,16)(H,18,19);1-5,9H,6-7H2,(H,13,16)(H,14,15)(H,17,18);1-5,9H,6-7H2,(H,13,14)(H,15,16)(H,17,18);3-6H2,1-2H3,(H,10,11)/t;;;;9-;/m....0./s1. The molecule has 648 valence electrons. The van der Waals surface area contributed by atoms with E-state index in [9.17, 15) is 86.3 Å². The van der Waals surface area contributed by atoms with E-state index in [1.807, 2.05) is 84.9 Å². The number of ether oxygens (including phenoxy) is 6. The number of esters is 6. The quantitative estimate of drug-likeness (QED) is 0.0144. The summed E-state index contributed by atoms with van der Waals surface area (Å²) in [4.78, 5) is 203. The molecule has 6 aromatic carbocycles. The van der Waals surface area contributed by atoms with Crippen LogP contribution in [0.2, 0.25) is 0 Å². The average Bonchev–Trinajstić information content (AvgIpc) is 0.859. The Morgan fingerprint density at radius 3 is 0.933 bits per heavy atom. The van der Waals surface area contributed by atoms with Gasteiger partial charge in [0.15, 0.2) is 0 Å². The Hall–Kier alpha value is -14.2. The van der Waals surface area contributed by atoms with Crippen LogP contribution in [0.1, 0.15) is 88.6 Å². The van der Waals surface area contributed by atoms with Gasteiger partial charge < -0.3 is 91.0 Å². The van der Waals surface area contributed by atoms with Crippen molar-refractivity contribution in [1.82, 2.24) is 31.9 Å². The van der Waals surface area contributed by atoms with E-state index >= 15 is 0 Å². The van der Waals surface area contributed by atoms with Crippen LogP contribution in [0.4, 0.5) is 0 Å². The highest BCUT2D eigenvalue weighted by atomic mass is 16.6. The number of benzene rings is 6. The fourth-order valence-corrected chi connectivity index (χ4v) is 9.80. The first-order chi connectivity index (χ1) is 57.2. The Kier molecular flexibility index (Phi) is 52.9. The lowest BCUT2D eigenvalue weighted by atomic mass is 9.96. The third-order valence-corrected chi connectivity index (χ3v) is 15.4. The summed E-state index contributed by atoms with van der Waals surface area (Å²) >= 11 is 0. The van der Waals surface area contributed by atoms with E-state index in [-0.39, 0.29) is 111 Å². The van der Waals surface area contributed by atoms with Crippen LogP contribution >= 0.6 is 0 Å². The van der Waals surface area contributed by atoms with Crippen LogP contribution in [0.25, 0.3) is 11.1 Å². The number of hydrogen-bond donors (Lipinski definition) is 12. The second-order valence-corrected chi connectivity index (χ2v) is 24.6. The third-order valence-electron chi connectivity index (χ3n) is 15.4. The van der Waals surface area contributed by atoms with Crippen LogP contribution in [0.3, 0.4) is 0 Å². The van der Waals surface area contributed by atoms with Crippen molar-refractivity contribution in [3.8, 4) is 11.1 Å². The highest BCUT2D eigenvalue weighted by Crippen LogP contribution is 2.22. The van der Waals surface area contributed by atoms with Gasteiger partial charge in [0.25, 0.3) is 0 Å². The lowest BCUT2D eigenvalue weighted by molar-refractivity contribution is -0.154. The molecule has 0 aliphatic rings. The molecule has 0 saturated carbocycles. The first-order valence-electron chi connectivity index (χ1n) is 37.5. The van der Waals surface area contributed by atoms with E-state index in [1.54, 1.807) is 133 Å². The third kappa shape index (κ3) is 47.6. The molecule has 0 heterocycles. The molecule has 6 amide bonds.